The van der Waals surface area contributed by atoms with Crippen molar-refractivity contribution in [3.63, 3.8) is 0 Å². The van der Waals surface area contributed by atoms with Gasteiger partial charge in [-0.2, -0.15) is 0 Å². The van der Waals surface area contributed by atoms with Crippen molar-refractivity contribution in [2.75, 3.05) is 13.2 Å². The standard InChI is InChI=1S/C18H28N2O3.ClH/c1-13(2)18(4,12-19)20-17(22)9-6-10-23-16-8-5-7-15(11-16)14(3)21;/h5,7-8,11,13H,6,9-10,12,19H2,1-4H3,(H,20,22);1H. The first-order chi connectivity index (χ1) is 10.8. The second-order valence-electron chi connectivity index (χ2n) is 6.36. The van der Waals surface area contributed by atoms with Gasteiger partial charge in [-0.05, 0) is 38.3 Å². The van der Waals surface area contributed by atoms with Gasteiger partial charge in [-0.15, -0.1) is 12.4 Å². The molecule has 1 atom stereocenters. The molecule has 1 aromatic rings. The average molecular weight is 357 g/mol. The Morgan fingerprint density at radius 2 is 2.00 bits per heavy atom. The van der Waals surface area contributed by atoms with Crippen molar-refractivity contribution < 1.29 is 14.3 Å². The summed E-state index contributed by atoms with van der Waals surface area (Å²) in [6.07, 6.45) is 0.990. The number of rotatable bonds is 9. The molecule has 1 rings (SSSR count). The molecule has 0 saturated heterocycles. The number of hydrogen-bond donors (Lipinski definition) is 2. The predicted molar refractivity (Wildman–Crippen MR) is 98.9 cm³/mol. The summed E-state index contributed by atoms with van der Waals surface area (Å²) in [5.74, 6) is 0.895. The summed E-state index contributed by atoms with van der Waals surface area (Å²) in [4.78, 5) is 23.3. The van der Waals surface area contributed by atoms with Gasteiger partial charge in [-0.3, -0.25) is 9.59 Å². The van der Waals surface area contributed by atoms with Gasteiger partial charge >= 0.3 is 0 Å². The van der Waals surface area contributed by atoms with Gasteiger partial charge in [0.1, 0.15) is 5.75 Å². The highest BCUT2D eigenvalue weighted by Crippen LogP contribution is 2.16. The molecule has 6 heteroatoms. The van der Waals surface area contributed by atoms with Crippen LogP contribution in [0.5, 0.6) is 5.75 Å². The Labute approximate surface area is 150 Å². The molecule has 0 heterocycles. The number of carbonyl (C=O) groups is 2. The zero-order valence-electron chi connectivity index (χ0n) is 14.9. The second-order valence-corrected chi connectivity index (χ2v) is 6.36. The number of ketones is 1. The highest BCUT2D eigenvalue weighted by Gasteiger charge is 2.28. The highest BCUT2D eigenvalue weighted by atomic mass is 35.5. The Hall–Kier alpha value is -1.59. The van der Waals surface area contributed by atoms with E-state index in [2.05, 4.69) is 5.32 Å². The number of Topliss-reactive ketones (excluding diaryl/α,β-unsaturated/α-hetero) is 1. The van der Waals surface area contributed by atoms with Crippen molar-refractivity contribution in [3.05, 3.63) is 29.8 Å². The predicted octanol–water partition coefficient (Wildman–Crippen LogP) is 2.96. The number of ether oxygens (including phenoxy) is 1. The minimum atomic E-state index is -0.381. The van der Waals surface area contributed by atoms with Crippen LogP contribution in [0.25, 0.3) is 0 Å². The Bertz CT molecular complexity index is 549. The molecule has 24 heavy (non-hydrogen) atoms. The minimum absolute atomic E-state index is 0. The molecule has 136 valence electrons. The van der Waals surface area contributed by atoms with Crippen LogP contribution in [0.4, 0.5) is 0 Å². The molecule has 0 radical (unpaired) electrons. The number of hydrogen-bond acceptors (Lipinski definition) is 4. The molecule has 1 unspecified atom stereocenters. The van der Waals surface area contributed by atoms with Crippen LogP contribution in [0.15, 0.2) is 24.3 Å². The van der Waals surface area contributed by atoms with E-state index in [0.717, 1.165) is 0 Å². The van der Waals surface area contributed by atoms with Crippen LogP contribution in [0.1, 0.15) is 50.9 Å². The van der Waals surface area contributed by atoms with E-state index in [1.54, 1.807) is 24.3 Å². The van der Waals surface area contributed by atoms with Gasteiger partial charge in [-0.25, -0.2) is 0 Å². The van der Waals surface area contributed by atoms with E-state index in [-0.39, 0.29) is 35.6 Å². The van der Waals surface area contributed by atoms with E-state index in [1.165, 1.54) is 6.92 Å². The smallest absolute Gasteiger partial charge is 0.220 e. The Morgan fingerprint density at radius 3 is 2.54 bits per heavy atom. The molecule has 0 fully saturated rings. The van der Waals surface area contributed by atoms with Crippen LogP contribution in [-0.4, -0.2) is 30.4 Å². The van der Waals surface area contributed by atoms with Crippen molar-refractivity contribution in [1.29, 1.82) is 0 Å². The normalized spacial score (nSPS) is 12.9. The van der Waals surface area contributed by atoms with Gasteiger partial charge in [0, 0.05) is 18.5 Å². The number of nitrogens with one attached hydrogen (secondary N) is 1. The van der Waals surface area contributed by atoms with Gasteiger partial charge < -0.3 is 15.8 Å². The summed E-state index contributed by atoms with van der Waals surface area (Å²) in [5, 5.41) is 3.00. The van der Waals surface area contributed by atoms with E-state index in [9.17, 15) is 9.59 Å². The van der Waals surface area contributed by atoms with E-state index in [4.69, 9.17) is 10.5 Å². The summed E-state index contributed by atoms with van der Waals surface area (Å²) in [6.45, 7) is 8.39. The number of nitrogens with two attached hydrogens (primary N) is 1. The fourth-order valence-corrected chi connectivity index (χ4v) is 2.04. The van der Waals surface area contributed by atoms with Gasteiger partial charge in [-0.1, -0.05) is 26.0 Å². The molecule has 0 aliphatic heterocycles. The fourth-order valence-electron chi connectivity index (χ4n) is 2.04. The summed E-state index contributed by atoms with van der Waals surface area (Å²) in [6, 6.07) is 7.06. The lowest BCUT2D eigenvalue weighted by Crippen LogP contribution is -2.55. The van der Waals surface area contributed by atoms with Crippen molar-refractivity contribution >= 4 is 24.1 Å². The molecule has 0 aromatic heterocycles. The maximum atomic E-state index is 12.0. The lowest BCUT2D eigenvalue weighted by Gasteiger charge is -2.33. The molecule has 0 aliphatic rings. The lowest BCUT2D eigenvalue weighted by atomic mass is 9.88. The molecular formula is C18H29ClN2O3. The third kappa shape index (κ3) is 6.89. The third-order valence-corrected chi connectivity index (χ3v) is 4.18. The minimum Gasteiger partial charge on any atom is -0.494 e. The van der Waals surface area contributed by atoms with Gasteiger partial charge in [0.05, 0.1) is 12.1 Å². The monoisotopic (exact) mass is 356 g/mol. The summed E-state index contributed by atoms with van der Waals surface area (Å²) in [7, 11) is 0. The Kier molecular flexibility index (Phi) is 9.63. The molecule has 5 nitrogen and oxygen atoms in total. The largest absolute Gasteiger partial charge is 0.494 e. The van der Waals surface area contributed by atoms with Crippen LogP contribution in [0, 0.1) is 5.92 Å². The number of amides is 1. The fraction of sp³-hybridized carbons (Fsp3) is 0.556. The van der Waals surface area contributed by atoms with Crippen molar-refractivity contribution in [2.45, 2.75) is 46.1 Å². The first-order valence-electron chi connectivity index (χ1n) is 8.03. The van der Waals surface area contributed by atoms with Crippen LogP contribution in [0.3, 0.4) is 0 Å². The third-order valence-electron chi connectivity index (χ3n) is 4.18. The first-order valence-corrected chi connectivity index (χ1v) is 8.03. The summed E-state index contributed by atoms with van der Waals surface area (Å²) >= 11 is 0. The van der Waals surface area contributed by atoms with E-state index in [1.807, 2.05) is 20.8 Å². The van der Waals surface area contributed by atoms with Crippen LogP contribution in [-0.2, 0) is 4.79 Å². The maximum Gasteiger partial charge on any atom is 0.220 e. The van der Waals surface area contributed by atoms with Gasteiger partial charge in [0.25, 0.3) is 0 Å². The number of halogens is 1. The molecule has 3 N–H and O–H groups in total. The van der Waals surface area contributed by atoms with E-state index >= 15 is 0 Å². The lowest BCUT2D eigenvalue weighted by molar-refractivity contribution is -0.123. The summed E-state index contributed by atoms with van der Waals surface area (Å²) in [5.41, 5.74) is 6.00. The van der Waals surface area contributed by atoms with E-state index < -0.39 is 0 Å². The van der Waals surface area contributed by atoms with Crippen LogP contribution >= 0.6 is 12.4 Å². The van der Waals surface area contributed by atoms with Crippen molar-refractivity contribution in [2.24, 2.45) is 11.7 Å². The quantitative estimate of drug-likeness (QED) is 0.526. The van der Waals surface area contributed by atoms with Gasteiger partial charge in [0.15, 0.2) is 5.78 Å². The maximum absolute atomic E-state index is 12.0. The Morgan fingerprint density at radius 1 is 1.33 bits per heavy atom. The number of carbonyl (C=O) groups excluding carboxylic acids is 2. The molecule has 1 amide bonds. The highest BCUT2D eigenvalue weighted by molar-refractivity contribution is 5.94. The zero-order valence-corrected chi connectivity index (χ0v) is 15.7. The second kappa shape index (κ2) is 10.3. The first kappa shape index (κ1) is 22.4. The molecular weight excluding hydrogens is 328 g/mol. The van der Waals surface area contributed by atoms with Gasteiger partial charge in [0.2, 0.25) is 5.91 Å². The topological polar surface area (TPSA) is 81.4 Å². The van der Waals surface area contributed by atoms with Crippen molar-refractivity contribution in [1.82, 2.24) is 5.32 Å². The SMILES string of the molecule is CC(=O)c1cccc(OCCCC(=O)NC(C)(CN)C(C)C)c1.Cl. The summed E-state index contributed by atoms with van der Waals surface area (Å²) < 4.78 is 5.59. The number of benzene rings is 1. The van der Waals surface area contributed by atoms with Crippen LogP contribution < -0.4 is 15.8 Å². The molecule has 0 saturated carbocycles. The van der Waals surface area contributed by atoms with Crippen molar-refractivity contribution in [3.8, 4) is 5.75 Å². The Balaban J connectivity index is 0.00000529. The van der Waals surface area contributed by atoms with E-state index in [0.29, 0.717) is 37.3 Å². The van der Waals surface area contributed by atoms with Crippen LogP contribution in [0.2, 0.25) is 0 Å². The molecule has 1 aromatic carbocycles. The molecule has 0 spiro atoms. The molecule has 0 aliphatic carbocycles. The molecule has 0 bridgehead atoms. The average Bonchev–Trinajstić information content (AvgIpc) is 2.51. The zero-order chi connectivity index (χ0) is 17.5.